The molecule has 0 saturated carbocycles. The lowest BCUT2D eigenvalue weighted by atomic mass is 10.4. The van der Waals surface area contributed by atoms with E-state index in [2.05, 4.69) is 0 Å². The Balaban J connectivity index is 2.89. The number of carbonyl (C=O) groups excluding carboxylic acids is 1. The Bertz CT molecular complexity index is 635. The molecule has 8 heteroatoms. The van der Waals surface area contributed by atoms with Crippen molar-refractivity contribution in [2.45, 2.75) is 32.9 Å². The Labute approximate surface area is 128 Å². The summed E-state index contributed by atoms with van der Waals surface area (Å²) < 4.78 is 2.36. The van der Waals surface area contributed by atoms with Crippen LogP contribution < -0.4 is 17.0 Å². The van der Waals surface area contributed by atoms with Crippen molar-refractivity contribution in [3.05, 3.63) is 33.1 Å². The number of aromatic nitrogens is 2. The molecule has 0 saturated heterocycles. The van der Waals surface area contributed by atoms with E-state index in [-0.39, 0.29) is 12.5 Å². The quantitative estimate of drug-likeness (QED) is 0.689. The number of rotatable bonds is 7. The van der Waals surface area contributed by atoms with E-state index in [0.717, 1.165) is 11.0 Å². The average Bonchev–Trinajstić information content (AvgIpc) is 2.43. The molecule has 1 amide bonds. The summed E-state index contributed by atoms with van der Waals surface area (Å²) in [6, 6.07) is 1.29. The fourth-order valence-corrected chi connectivity index (χ4v) is 1.86. The Hall–Kier alpha value is -1.96. The highest BCUT2D eigenvalue weighted by molar-refractivity contribution is 7.80. The lowest BCUT2D eigenvalue weighted by Crippen LogP contribution is -2.43. The molecule has 116 valence electrons. The molecule has 0 unspecified atom stereocenters. The number of hydrogen-bond acceptors (Lipinski definition) is 4. The van der Waals surface area contributed by atoms with Crippen LogP contribution >= 0.6 is 12.2 Å². The fourth-order valence-electron chi connectivity index (χ4n) is 1.77. The van der Waals surface area contributed by atoms with Crippen LogP contribution in [0.25, 0.3) is 0 Å². The second kappa shape index (κ2) is 7.72. The molecule has 1 heterocycles. The van der Waals surface area contributed by atoms with E-state index in [9.17, 15) is 14.4 Å². The van der Waals surface area contributed by atoms with Crippen LogP contribution in [-0.2, 0) is 17.9 Å². The summed E-state index contributed by atoms with van der Waals surface area (Å²) >= 11 is 4.75. The average molecular weight is 312 g/mol. The molecule has 1 aromatic rings. The first-order valence-corrected chi connectivity index (χ1v) is 7.10. The number of aryl methyl sites for hydroxylation is 1. The second-order valence-corrected chi connectivity index (χ2v) is 5.27. The van der Waals surface area contributed by atoms with Gasteiger partial charge in [0.25, 0.3) is 5.56 Å². The first-order valence-electron chi connectivity index (χ1n) is 6.69. The van der Waals surface area contributed by atoms with Gasteiger partial charge in [-0.25, -0.2) is 4.79 Å². The molecule has 0 aliphatic rings. The van der Waals surface area contributed by atoms with E-state index in [0.29, 0.717) is 24.5 Å². The number of nitrogens with two attached hydrogens (primary N) is 1. The van der Waals surface area contributed by atoms with Crippen LogP contribution in [0.5, 0.6) is 0 Å². The van der Waals surface area contributed by atoms with Crippen molar-refractivity contribution < 1.29 is 4.79 Å². The zero-order chi connectivity index (χ0) is 16.0. The third-order valence-electron chi connectivity index (χ3n) is 3.02. The summed E-state index contributed by atoms with van der Waals surface area (Å²) in [7, 11) is 1.58. The summed E-state index contributed by atoms with van der Waals surface area (Å²) in [5, 5.41) is 0. The Kier molecular flexibility index (Phi) is 6.29. The maximum atomic E-state index is 12.1. The van der Waals surface area contributed by atoms with Crippen molar-refractivity contribution in [2.24, 2.45) is 5.73 Å². The standard InChI is InChI=1S/C13H20N4O3S/c1-3-6-16-8-5-11(18)17(13(16)20)9-12(19)15(2)7-4-10(14)21/h5,8H,3-4,6-7,9H2,1-2H3,(H2,14,21). The number of amides is 1. The van der Waals surface area contributed by atoms with E-state index in [1.54, 1.807) is 7.05 Å². The third-order valence-corrected chi connectivity index (χ3v) is 3.22. The fraction of sp³-hybridized carbons (Fsp3) is 0.538. The van der Waals surface area contributed by atoms with Crippen LogP contribution in [0.1, 0.15) is 19.8 Å². The van der Waals surface area contributed by atoms with Gasteiger partial charge in [-0.15, -0.1) is 0 Å². The van der Waals surface area contributed by atoms with E-state index >= 15 is 0 Å². The minimum absolute atomic E-state index is 0.282. The van der Waals surface area contributed by atoms with E-state index < -0.39 is 11.2 Å². The Morgan fingerprint density at radius 1 is 1.43 bits per heavy atom. The van der Waals surface area contributed by atoms with Gasteiger partial charge in [-0.2, -0.15) is 0 Å². The lowest BCUT2D eigenvalue weighted by molar-refractivity contribution is -0.130. The highest BCUT2D eigenvalue weighted by Gasteiger charge is 2.13. The van der Waals surface area contributed by atoms with E-state index in [1.165, 1.54) is 21.7 Å². The molecule has 0 spiro atoms. The molecule has 0 aliphatic heterocycles. The third kappa shape index (κ3) is 4.82. The highest BCUT2D eigenvalue weighted by atomic mass is 32.1. The molecule has 2 N–H and O–H groups in total. The maximum absolute atomic E-state index is 12.1. The molecule has 0 radical (unpaired) electrons. The van der Waals surface area contributed by atoms with Crippen LogP contribution in [-0.4, -0.2) is 38.5 Å². The van der Waals surface area contributed by atoms with Crippen molar-refractivity contribution in [1.29, 1.82) is 0 Å². The topological polar surface area (TPSA) is 90.3 Å². The summed E-state index contributed by atoms with van der Waals surface area (Å²) in [5.74, 6) is -0.334. The van der Waals surface area contributed by atoms with Gasteiger partial charge in [-0.05, 0) is 6.42 Å². The lowest BCUT2D eigenvalue weighted by Gasteiger charge is -2.17. The van der Waals surface area contributed by atoms with E-state index in [4.69, 9.17) is 18.0 Å². The van der Waals surface area contributed by atoms with Crippen molar-refractivity contribution in [1.82, 2.24) is 14.0 Å². The molecule has 7 nitrogen and oxygen atoms in total. The minimum Gasteiger partial charge on any atom is -0.393 e. The summed E-state index contributed by atoms with van der Waals surface area (Å²) in [4.78, 5) is 37.6. The van der Waals surface area contributed by atoms with Gasteiger partial charge < -0.3 is 15.2 Å². The van der Waals surface area contributed by atoms with Gasteiger partial charge in [-0.1, -0.05) is 19.1 Å². The largest absolute Gasteiger partial charge is 0.393 e. The Morgan fingerprint density at radius 2 is 2.10 bits per heavy atom. The van der Waals surface area contributed by atoms with Crippen LogP contribution in [0.15, 0.2) is 21.9 Å². The van der Waals surface area contributed by atoms with Crippen molar-refractivity contribution >= 4 is 23.1 Å². The molecule has 0 bridgehead atoms. The molecule has 1 aromatic heterocycles. The number of carbonyl (C=O) groups is 1. The SMILES string of the molecule is CCCn1ccc(=O)n(CC(=O)N(C)CCC(N)=S)c1=O. The smallest absolute Gasteiger partial charge is 0.331 e. The molecule has 21 heavy (non-hydrogen) atoms. The Morgan fingerprint density at radius 3 is 2.67 bits per heavy atom. The van der Waals surface area contributed by atoms with Gasteiger partial charge in [0.1, 0.15) is 6.54 Å². The van der Waals surface area contributed by atoms with Gasteiger partial charge in [0.15, 0.2) is 0 Å². The number of nitrogens with zero attached hydrogens (tertiary/aromatic N) is 3. The summed E-state index contributed by atoms with van der Waals surface area (Å²) in [6.07, 6.45) is 2.62. The van der Waals surface area contributed by atoms with E-state index in [1.807, 2.05) is 6.92 Å². The number of likely N-dealkylation sites (N-methyl/N-ethyl adjacent to an activating group) is 1. The molecule has 1 rings (SSSR count). The number of hydrogen-bond donors (Lipinski definition) is 1. The zero-order valence-corrected chi connectivity index (χ0v) is 13.1. The molecular weight excluding hydrogens is 292 g/mol. The molecular formula is C13H20N4O3S. The van der Waals surface area contributed by atoms with Crippen LogP contribution in [0.4, 0.5) is 0 Å². The van der Waals surface area contributed by atoms with Gasteiger partial charge >= 0.3 is 5.69 Å². The molecule has 0 atom stereocenters. The summed E-state index contributed by atoms with van der Waals surface area (Å²) in [6.45, 7) is 2.51. The van der Waals surface area contributed by atoms with Crippen LogP contribution in [0.2, 0.25) is 0 Å². The van der Waals surface area contributed by atoms with Gasteiger partial charge in [-0.3, -0.25) is 14.2 Å². The van der Waals surface area contributed by atoms with Crippen molar-refractivity contribution in [2.75, 3.05) is 13.6 Å². The van der Waals surface area contributed by atoms with Gasteiger partial charge in [0.2, 0.25) is 5.91 Å². The molecule has 0 aromatic carbocycles. The first kappa shape index (κ1) is 17.1. The summed E-state index contributed by atoms with van der Waals surface area (Å²) in [5.41, 5.74) is 4.43. The normalized spacial score (nSPS) is 10.4. The maximum Gasteiger partial charge on any atom is 0.331 e. The molecule has 0 aliphatic carbocycles. The van der Waals surface area contributed by atoms with Gasteiger partial charge in [0, 0.05) is 38.8 Å². The molecule has 0 fully saturated rings. The monoisotopic (exact) mass is 312 g/mol. The zero-order valence-electron chi connectivity index (χ0n) is 12.2. The first-order chi connectivity index (χ1) is 9.86. The predicted octanol–water partition coefficient (Wildman–Crippen LogP) is -0.445. The van der Waals surface area contributed by atoms with Crippen LogP contribution in [0, 0.1) is 0 Å². The highest BCUT2D eigenvalue weighted by Crippen LogP contribution is 1.92. The van der Waals surface area contributed by atoms with Crippen molar-refractivity contribution in [3.63, 3.8) is 0 Å². The van der Waals surface area contributed by atoms with Crippen molar-refractivity contribution in [3.8, 4) is 0 Å². The second-order valence-electron chi connectivity index (χ2n) is 4.75. The number of thiocarbonyl (C=S) groups is 1. The minimum atomic E-state index is -0.483. The van der Waals surface area contributed by atoms with Crippen LogP contribution in [0.3, 0.4) is 0 Å². The van der Waals surface area contributed by atoms with Gasteiger partial charge in [0.05, 0.1) is 4.99 Å². The predicted molar refractivity (Wildman–Crippen MR) is 84.3 cm³/mol.